The fraction of sp³-hybridized carbons (Fsp3) is 0.333. The summed E-state index contributed by atoms with van der Waals surface area (Å²) in [7, 11) is 0. The van der Waals surface area contributed by atoms with Crippen molar-refractivity contribution in [1.82, 2.24) is 9.97 Å². The first-order valence-electron chi connectivity index (χ1n) is 6.27. The Morgan fingerprint density at radius 1 is 1.11 bits per heavy atom. The second kappa shape index (κ2) is 6.01. The molecule has 0 aliphatic carbocycles. The molecule has 0 saturated heterocycles. The SMILES string of the molecule is CCc1ccc(-c2cc(C)nc(CCS)n2)cc1. The lowest BCUT2D eigenvalue weighted by molar-refractivity contribution is 0.930. The molecule has 3 heteroatoms. The predicted octanol–water partition coefficient (Wildman–Crippen LogP) is 3.49. The Bertz CT molecular complexity index is 521. The van der Waals surface area contributed by atoms with Crippen LogP contribution in [0, 0.1) is 6.92 Å². The number of benzene rings is 1. The molecule has 94 valence electrons. The van der Waals surface area contributed by atoms with Gasteiger partial charge in [0.2, 0.25) is 0 Å². The maximum absolute atomic E-state index is 4.59. The molecule has 0 N–H and O–H groups in total. The zero-order chi connectivity index (χ0) is 13.0. The summed E-state index contributed by atoms with van der Waals surface area (Å²) in [5, 5.41) is 0. The monoisotopic (exact) mass is 258 g/mol. The van der Waals surface area contributed by atoms with Gasteiger partial charge in [-0.3, -0.25) is 0 Å². The average molecular weight is 258 g/mol. The van der Waals surface area contributed by atoms with Crippen molar-refractivity contribution in [1.29, 1.82) is 0 Å². The van der Waals surface area contributed by atoms with Gasteiger partial charge < -0.3 is 0 Å². The van der Waals surface area contributed by atoms with Gasteiger partial charge in [-0.2, -0.15) is 12.6 Å². The highest BCUT2D eigenvalue weighted by Gasteiger charge is 2.04. The molecule has 0 aliphatic rings. The van der Waals surface area contributed by atoms with Crippen molar-refractivity contribution in [2.75, 3.05) is 5.75 Å². The third-order valence-corrected chi connectivity index (χ3v) is 3.12. The number of rotatable bonds is 4. The van der Waals surface area contributed by atoms with Crippen LogP contribution in [0.2, 0.25) is 0 Å². The third-order valence-electron chi connectivity index (χ3n) is 2.89. The van der Waals surface area contributed by atoms with E-state index in [1.807, 2.05) is 13.0 Å². The van der Waals surface area contributed by atoms with Crippen molar-refractivity contribution in [2.45, 2.75) is 26.7 Å². The van der Waals surface area contributed by atoms with Crippen LogP contribution in [0.5, 0.6) is 0 Å². The molecule has 0 spiro atoms. The number of aryl methyl sites for hydroxylation is 3. The zero-order valence-corrected chi connectivity index (χ0v) is 11.7. The molecule has 1 heterocycles. The number of nitrogens with zero attached hydrogens (tertiary/aromatic N) is 2. The van der Waals surface area contributed by atoms with Crippen molar-refractivity contribution in [3.05, 3.63) is 47.4 Å². The molecule has 1 aromatic heterocycles. The fourth-order valence-corrected chi connectivity index (χ4v) is 2.10. The van der Waals surface area contributed by atoms with Gasteiger partial charge in [0.1, 0.15) is 5.82 Å². The molecule has 0 aliphatic heterocycles. The Hall–Kier alpha value is -1.35. The molecule has 0 radical (unpaired) electrons. The first-order chi connectivity index (χ1) is 8.72. The molecule has 0 fully saturated rings. The lowest BCUT2D eigenvalue weighted by Gasteiger charge is -2.06. The maximum Gasteiger partial charge on any atom is 0.130 e. The van der Waals surface area contributed by atoms with Crippen LogP contribution in [0.4, 0.5) is 0 Å². The minimum absolute atomic E-state index is 0.775. The summed E-state index contributed by atoms with van der Waals surface area (Å²) >= 11 is 4.23. The van der Waals surface area contributed by atoms with E-state index in [4.69, 9.17) is 0 Å². The molecule has 0 saturated carbocycles. The Balaban J connectivity index is 2.36. The first kappa shape index (κ1) is 13.1. The maximum atomic E-state index is 4.59. The summed E-state index contributed by atoms with van der Waals surface area (Å²) < 4.78 is 0. The third kappa shape index (κ3) is 3.10. The Morgan fingerprint density at radius 2 is 1.83 bits per heavy atom. The quantitative estimate of drug-likeness (QED) is 0.850. The normalized spacial score (nSPS) is 10.6. The van der Waals surface area contributed by atoms with Crippen molar-refractivity contribution in [3.63, 3.8) is 0 Å². The zero-order valence-electron chi connectivity index (χ0n) is 10.8. The summed E-state index contributed by atoms with van der Waals surface area (Å²) in [6.45, 7) is 4.17. The first-order valence-corrected chi connectivity index (χ1v) is 6.91. The summed E-state index contributed by atoms with van der Waals surface area (Å²) in [5.74, 6) is 1.65. The molecule has 18 heavy (non-hydrogen) atoms. The second-order valence-electron chi connectivity index (χ2n) is 4.33. The molecule has 2 nitrogen and oxygen atoms in total. The molecule has 0 amide bonds. The molecule has 2 rings (SSSR count). The Labute approximate surface area is 114 Å². The Morgan fingerprint density at radius 3 is 2.44 bits per heavy atom. The number of hydrogen-bond donors (Lipinski definition) is 1. The minimum Gasteiger partial charge on any atom is -0.238 e. The van der Waals surface area contributed by atoms with Gasteiger partial charge in [-0.1, -0.05) is 31.2 Å². The van der Waals surface area contributed by atoms with Crippen LogP contribution in [0.25, 0.3) is 11.3 Å². The Kier molecular flexibility index (Phi) is 4.37. The predicted molar refractivity (Wildman–Crippen MR) is 79.1 cm³/mol. The van der Waals surface area contributed by atoms with Crippen molar-refractivity contribution >= 4 is 12.6 Å². The standard InChI is InChI=1S/C15H18N2S/c1-3-12-4-6-13(7-5-12)14-10-11(2)16-15(17-14)8-9-18/h4-7,10,18H,3,8-9H2,1-2H3. The summed E-state index contributed by atoms with van der Waals surface area (Å²) in [4.78, 5) is 9.01. The van der Waals surface area contributed by atoms with E-state index in [1.165, 1.54) is 5.56 Å². The average Bonchev–Trinajstić information content (AvgIpc) is 2.38. The number of hydrogen-bond acceptors (Lipinski definition) is 3. The molecule has 2 aromatic rings. The van der Waals surface area contributed by atoms with Crippen molar-refractivity contribution < 1.29 is 0 Å². The van der Waals surface area contributed by atoms with Crippen LogP contribution >= 0.6 is 12.6 Å². The fourth-order valence-electron chi connectivity index (χ4n) is 1.90. The summed E-state index contributed by atoms with van der Waals surface area (Å²) in [6, 6.07) is 10.6. The minimum atomic E-state index is 0.775. The van der Waals surface area contributed by atoms with E-state index in [9.17, 15) is 0 Å². The summed E-state index contributed by atoms with van der Waals surface area (Å²) in [6.07, 6.45) is 1.87. The molecule has 1 aromatic carbocycles. The van der Waals surface area contributed by atoms with Gasteiger partial charge >= 0.3 is 0 Å². The highest BCUT2D eigenvalue weighted by molar-refractivity contribution is 7.80. The summed E-state index contributed by atoms with van der Waals surface area (Å²) in [5.41, 5.74) is 4.51. The van der Waals surface area contributed by atoms with Gasteiger partial charge in [-0.05, 0) is 30.7 Å². The van der Waals surface area contributed by atoms with Crippen LogP contribution in [0.15, 0.2) is 30.3 Å². The molecule has 0 unspecified atom stereocenters. The number of aromatic nitrogens is 2. The van der Waals surface area contributed by atoms with Crippen LogP contribution in [0.3, 0.4) is 0 Å². The second-order valence-corrected chi connectivity index (χ2v) is 4.78. The largest absolute Gasteiger partial charge is 0.238 e. The van der Waals surface area contributed by atoms with Crippen LogP contribution in [0.1, 0.15) is 24.0 Å². The van der Waals surface area contributed by atoms with Crippen LogP contribution < -0.4 is 0 Å². The van der Waals surface area contributed by atoms with Gasteiger partial charge in [0.05, 0.1) is 5.69 Å². The smallest absolute Gasteiger partial charge is 0.130 e. The van der Waals surface area contributed by atoms with Crippen LogP contribution in [-0.2, 0) is 12.8 Å². The molecular formula is C15H18N2S. The molecular weight excluding hydrogens is 240 g/mol. The van der Waals surface area contributed by atoms with E-state index < -0.39 is 0 Å². The van der Waals surface area contributed by atoms with Gasteiger partial charge in [-0.15, -0.1) is 0 Å². The molecule has 0 atom stereocenters. The van der Waals surface area contributed by atoms with E-state index >= 15 is 0 Å². The van der Waals surface area contributed by atoms with E-state index in [0.717, 1.165) is 41.4 Å². The lowest BCUT2D eigenvalue weighted by atomic mass is 10.1. The van der Waals surface area contributed by atoms with Gasteiger partial charge in [0, 0.05) is 17.7 Å². The van der Waals surface area contributed by atoms with Crippen molar-refractivity contribution in [2.24, 2.45) is 0 Å². The molecule has 0 bridgehead atoms. The highest BCUT2D eigenvalue weighted by Crippen LogP contribution is 2.19. The van der Waals surface area contributed by atoms with Gasteiger partial charge in [0.25, 0.3) is 0 Å². The van der Waals surface area contributed by atoms with E-state index in [1.54, 1.807) is 0 Å². The highest BCUT2D eigenvalue weighted by atomic mass is 32.1. The number of thiol groups is 1. The van der Waals surface area contributed by atoms with Gasteiger partial charge in [0.15, 0.2) is 0 Å². The van der Waals surface area contributed by atoms with Crippen LogP contribution in [-0.4, -0.2) is 15.7 Å². The van der Waals surface area contributed by atoms with E-state index in [-0.39, 0.29) is 0 Å². The van der Waals surface area contributed by atoms with Crippen molar-refractivity contribution in [3.8, 4) is 11.3 Å². The topological polar surface area (TPSA) is 25.8 Å². The van der Waals surface area contributed by atoms with E-state index in [0.29, 0.717) is 0 Å². The lowest BCUT2D eigenvalue weighted by Crippen LogP contribution is -2.00. The van der Waals surface area contributed by atoms with E-state index in [2.05, 4.69) is 53.8 Å². The van der Waals surface area contributed by atoms with Gasteiger partial charge in [-0.25, -0.2) is 9.97 Å².